The molecule has 0 aromatic rings. The van der Waals surface area contributed by atoms with Crippen LogP contribution in [0.1, 0.15) is 93.9 Å². The lowest BCUT2D eigenvalue weighted by Gasteiger charge is -2.33. The van der Waals surface area contributed by atoms with Crippen molar-refractivity contribution in [3.63, 3.8) is 0 Å². The molecule has 7 heteroatoms. The summed E-state index contributed by atoms with van der Waals surface area (Å²) in [6, 6.07) is 0.586. The van der Waals surface area contributed by atoms with Gasteiger partial charge in [-0.3, -0.25) is 14.4 Å². The van der Waals surface area contributed by atoms with Crippen LogP contribution in [-0.2, 0) is 14.4 Å². The van der Waals surface area contributed by atoms with Crippen LogP contribution in [0.2, 0.25) is 0 Å². The fourth-order valence-electron chi connectivity index (χ4n) is 4.56. The van der Waals surface area contributed by atoms with Gasteiger partial charge >= 0.3 is 0 Å². The Bertz CT molecular complexity index is 657. The minimum absolute atomic E-state index is 0.0340. The molecule has 0 aromatic carbocycles. The average Bonchev–Trinajstić information content (AvgIpc) is 2.86. The first-order valence-corrected chi connectivity index (χ1v) is 14.1. The van der Waals surface area contributed by atoms with E-state index >= 15 is 0 Å². The molecule has 2 saturated heterocycles. The van der Waals surface area contributed by atoms with Gasteiger partial charge in [0.2, 0.25) is 18.2 Å². The summed E-state index contributed by atoms with van der Waals surface area (Å²) in [6.07, 6.45) is 10.1. The lowest BCUT2D eigenvalue weighted by molar-refractivity contribution is -0.132. The Morgan fingerprint density at radius 3 is 2.06 bits per heavy atom. The van der Waals surface area contributed by atoms with Crippen molar-refractivity contribution < 1.29 is 14.4 Å². The number of likely N-dealkylation sites (tertiary alicyclic amines) is 2. The van der Waals surface area contributed by atoms with E-state index in [1.54, 1.807) is 11.9 Å². The molecule has 210 valence electrons. The molecule has 36 heavy (non-hydrogen) atoms. The van der Waals surface area contributed by atoms with E-state index in [1.165, 1.54) is 45.2 Å². The van der Waals surface area contributed by atoms with Gasteiger partial charge in [0.05, 0.1) is 12.6 Å². The van der Waals surface area contributed by atoms with Crippen molar-refractivity contribution in [2.45, 2.75) is 106 Å². The minimum atomic E-state index is -0.183. The van der Waals surface area contributed by atoms with E-state index in [9.17, 15) is 14.4 Å². The summed E-state index contributed by atoms with van der Waals surface area (Å²) in [5, 5.41) is 2.39. The molecule has 2 rings (SSSR count). The monoisotopic (exact) mass is 508 g/mol. The summed E-state index contributed by atoms with van der Waals surface area (Å²) in [4.78, 5) is 41.2. The van der Waals surface area contributed by atoms with Gasteiger partial charge in [-0.1, -0.05) is 53.5 Å². The first-order chi connectivity index (χ1) is 17.0. The molecule has 1 unspecified atom stereocenters. The molecule has 0 radical (unpaired) electrons. The summed E-state index contributed by atoms with van der Waals surface area (Å²) >= 11 is 0. The highest BCUT2D eigenvalue weighted by molar-refractivity contribution is 5.93. The molecule has 7 nitrogen and oxygen atoms in total. The topological polar surface area (TPSA) is 73.0 Å². The summed E-state index contributed by atoms with van der Waals surface area (Å²) in [5.74, 6) is 0.580. The van der Waals surface area contributed by atoms with Crippen molar-refractivity contribution in [1.82, 2.24) is 20.0 Å². The average molecular weight is 509 g/mol. The predicted molar refractivity (Wildman–Crippen MR) is 151 cm³/mol. The molecule has 0 aromatic heterocycles. The molecule has 0 spiro atoms. The third-order valence-electron chi connectivity index (χ3n) is 6.68. The molecule has 3 amide bonds. The van der Waals surface area contributed by atoms with Crippen molar-refractivity contribution >= 4 is 18.2 Å². The van der Waals surface area contributed by atoms with Crippen LogP contribution in [-0.4, -0.2) is 84.8 Å². The maximum atomic E-state index is 12.7. The zero-order valence-electron chi connectivity index (χ0n) is 24.8. The number of hydrogen-bond donors (Lipinski definition) is 1. The van der Waals surface area contributed by atoms with Gasteiger partial charge in [-0.05, 0) is 71.4 Å². The van der Waals surface area contributed by atoms with Crippen LogP contribution in [0.5, 0.6) is 0 Å². The Morgan fingerprint density at radius 2 is 1.61 bits per heavy atom. The molecule has 0 aliphatic carbocycles. The van der Waals surface area contributed by atoms with Crippen LogP contribution in [0, 0.1) is 11.8 Å². The van der Waals surface area contributed by atoms with Crippen LogP contribution in [0.25, 0.3) is 0 Å². The highest BCUT2D eigenvalue weighted by atomic mass is 16.2. The zero-order valence-corrected chi connectivity index (χ0v) is 24.8. The van der Waals surface area contributed by atoms with Crippen LogP contribution < -0.4 is 5.32 Å². The number of carbonyl (C=O) groups is 3. The van der Waals surface area contributed by atoms with Gasteiger partial charge in [0.25, 0.3) is 0 Å². The van der Waals surface area contributed by atoms with Crippen molar-refractivity contribution in [3.8, 4) is 0 Å². The molecule has 0 saturated carbocycles. The second-order valence-electron chi connectivity index (χ2n) is 11.0. The van der Waals surface area contributed by atoms with Crippen molar-refractivity contribution in [2.75, 3.05) is 39.8 Å². The fourth-order valence-corrected chi connectivity index (χ4v) is 4.56. The first-order valence-electron chi connectivity index (χ1n) is 14.1. The lowest BCUT2D eigenvalue weighted by Crippen LogP contribution is -2.44. The Kier molecular flexibility index (Phi) is 18.2. The lowest BCUT2D eigenvalue weighted by atomic mass is 9.97. The molecule has 2 aliphatic rings. The molecule has 1 N–H and O–H groups in total. The van der Waals surface area contributed by atoms with Gasteiger partial charge in [0.15, 0.2) is 0 Å². The summed E-state index contributed by atoms with van der Waals surface area (Å²) in [5.41, 5.74) is 0.672. The van der Waals surface area contributed by atoms with E-state index in [4.69, 9.17) is 0 Å². The second-order valence-corrected chi connectivity index (χ2v) is 11.0. The summed E-state index contributed by atoms with van der Waals surface area (Å²) < 4.78 is 0. The molecular weight excluding hydrogens is 452 g/mol. The highest BCUT2D eigenvalue weighted by Gasteiger charge is 2.25. The number of likely N-dealkylation sites (N-methyl/N-ethyl adjacent to an activating group) is 1. The number of nitrogens with zero attached hydrogens (tertiary/aromatic N) is 3. The maximum absolute atomic E-state index is 12.7. The molecule has 2 fully saturated rings. The number of rotatable bonds is 8. The number of carbonyl (C=O) groups excluding carboxylic acids is 3. The Hall–Kier alpha value is -1.89. The number of piperidine rings is 2. The standard InChI is InChI=1S/C18H31N3O3.C8H17N.C3H8/c1-13(2)16(20(5)17(23)10-19-12-22)9-15(4)18(24)21-8-6-7-14(3)11-21;1-8(2)9-6-4-3-5-7-9;1-3-2/h9,12-14,16H,6-8,10-11H2,1-5H3,(H,19,22);8H,3-7H2,1-2H3;3H2,1-2H3/b15-9+;;/t14?,16-;;/m1../s1. The van der Waals surface area contributed by atoms with Crippen LogP contribution in [0.15, 0.2) is 11.6 Å². The third-order valence-corrected chi connectivity index (χ3v) is 6.68. The summed E-state index contributed by atoms with van der Waals surface area (Å²) in [7, 11) is 1.71. The zero-order chi connectivity index (χ0) is 27.7. The van der Waals surface area contributed by atoms with E-state index < -0.39 is 0 Å². The second kappa shape index (κ2) is 19.3. The molecule has 2 atom stereocenters. The van der Waals surface area contributed by atoms with E-state index in [0.29, 0.717) is 17.9 Å². The summed E-state index contributed by atoms with van der Waals surface area (Å²) in [6.45, 7) is 21.1. The Labute approximate surface area is 222 Å². The largest absolute Gasteiger partial charge is 0.350 e. The normalized spacial score (nSPS) is 19.5. The number of amides is 3. The number of nitrogens with one attached hydrogen (secondary N) is 1. The van der Waals surface area contributed by atoms with E-state index in [2.05, 4.69) is 44.8 Å². The van der Waals surface area contributed by atoms with Gasteiger partial charge in [-0.15, -0.1) is 0 Å². The maximum Gasteiger partial charge on any atom is 0.249 e. The van der Waals surface area contributed by atoms with Crippen LogP contribution >= 0.6 is 0 Å². The van der Waals surface area contributed by atoms with Gasteiger partial charge in [0, 0.05) is 31.8 Å². The van der Waals surface area contributed by atoms with Gasteiger partial charge in [0.1, 0.15) is 0 Å². The fraction of sp³-hybridized carbons (Fsp3) is 0.828. The minimum Gasteiger partial charge on any atom is -0.350 e. The predicted octanol–water partition coefficient (Wildman–Crippen LogP) is 4.72. The molecule has 0 bridgehead atoms. The Balaban J connectivity index is 0.000000838. The smallest absolute Gasteiger partial charge is 0.249 e. The molecule has 2 aliphatic heterocycles. The first kappa shape index (κ1) is 34.1. The molecular formula is C29H56N4O3. The van der Waals surface area contributed by atoms with E-state index in [1.807, 2.05) is 31.7 Å². The van der Waals surface area contributed by atoms with Crippen LogP contribution in [0.3, 0.4) is 0 Å². The van der Waals surface area contributed by atoms with Gasteiger partial charge < -0.3 is 20.0 Å². The molecule has 2 heterocycles. The third kappa shape index (κ3) is 13.4. The Morgan fingerprint density at radius 1 is 1.03 bits per heavy atom. The quantitative estimate of drug-likeness (QED) is 0.380. The van der Waals surface area contributed by atoms with Crippen LogP contribution in [0.4, 0.5) is 0 Å². The number of hydrogen-bond acceptors (Lipinski definition) is 4. The van der Waals surface area contributed by atoms with Crippen molar-refractivity contribution in [1.29, 1.82) is 0 Å². The highest BCUT2D eigenvalue weighted by Crippen LogP contribution is 2.19. The van der Waals surface area contributed by atoms with Crippen molar-refractivity contribution in [2.24, 2.45) is 11.8 Å². The van der Waals surface area contributed by atoms with E-state index in [-0.39, 0.29) is 30.3 Å². The van der Waals surface area contributed by atoms with Gasteiger partial charge in [-0.2, -0.15) is 0 Å². The van der Waals surface area contributed by atoms with Gasteiger partial charge in [-0.25, -0.2) is 0 Å². The SMILES string of the molecule is C/C(=C\[C@H](C(C)C)N(C)C(=O)CNC=O)C(=O)N1CCCC(C)C1.CC(C)N1CCCCC1.CCC. The van der Waals surface area contributed by atoms with Crippen molar-refractivity contribution in [3.05, 3.63) is 11.6 Å². The van der Waals surface area contributed by atoms with E-state index in [0.717, 1.165) is 25.6 Å².